The van der Waals surface area contributed by atoms with Crippen molar-refractivity contribution in [2.75, 3.05) is 13.3 Å². The molecule has 0 radical (unpaired) electrons. The lowest BCUT2D eigenvalue weighted by Gasteiger charge is -2.08. The molecule has 12 heteroatoms. The van der Waals surface area contributed by atoms with E-state index in [2.05, 4.69) is 25.5 Å². The molecule has 212 valence electrons. The minimum absolute atomic E-state index is 0.147. The molecule has 0 spiro atoms. The molecule has 4 heterocycles. The lowest BCUT2D eigenvalue weighted by atomic mass is 10.2. The maximum Gasteiger partial charge on any atom is 0.328 e. The smallest absolute Gasteiger partial charge is 0.328 e. The zero-order valence-electron chi connectivity index (χ0n) is 22.5. The number of azo groups is 1. The van der Waals surface area contributed by atoms with E-state index in [0.717, 1.165) is 5.56 Å². The van der Waals surface area contributed by atoms with Crippen molar-refractivity contribution in [3.63, 3.8) is 0 Å². The number of pyridine rings is 1. The Balaban J connectivity index is 1.11. The van der Waals surface area contributed by atoms with Gasteiger partial charge in [0, 0.05) is 11.6 Å². The highest BCUT2D eigenvalue weighted by Crippen LogP contribution is 2.40. The van der Waals surface area contributed by atoms with Gasteiger partial charge in [-0.3, -0.25) is 9.78 Å². The Morgan fingerprint density at radius 3 is 2.58 bits per heavy atom. The Labute approximate surface area is 243 Å². The minimum Gasteiger partial charge on any atom is -0.493 e. The summed E-state index contributed by atoms with van der Waals surface area (Å²) in [6.45, 7) is 0.0624. The van der Waals surface area contributed by atoms with Gasteiger partial charge >= 0.3 is 6.03 Å². The summed E-state index contributed by atoms with van der Waals surface area (Å²) in [5, 5.41) is 22.2. The molecule has 3 aromatic carbocycles. The Hall–Kier alpha value is -6.04. The number of hydrogen-bond acceptors (Lipinski definition) is 8. The van der Waals surface area contributed by atoms with E-state index in [1.165, 1.54) is 4.57 Å². The van der Waals surface area contributed by atoms with Gasteiger partial charge in [0.1, 0.15) is 12.2 Å². The van der Waals surface area contributed by atoms with E-state index in [1.54, 1.807) is 53.2 Å². The Kier molecular flexibility index (Phi) is 6.47. The van der Waals surface area contributed by atoms with Crippen molar-refractivity contribution in [2.45, 2.75) is 6.54 Å². The van der Waals surface area contributed by atoms with Gasteiger partial charge in [0.2, 0.25) is 12.7 Å². The van der Waals surface area contributed by atoms with Gasteiger partial charge in [-0.2, -0.15) is 0 Å². The van der Waals surface area contributed by atoms with E-state index in [4.69, 9.17) is 9.47 Å². The number of aromatic nitrogens is 4. The first-order chi connectivity index (χ1) is 21.1. The van der Waals surface area contributed by atoms with Crippen LogP contribution < -0.4 is 14.8 Å². The molecule has 1 aliphatic heterocycles. The molecule has 0 bridgehead atoms. The Bertz CT molecular complexity index is 2050. The van der Waals surface area contributed by atoms with Gasteiger partial charge in [0.05, 0.1) is 23.1 Å². The molecule has 6 aromatic rings. The van der Waals surface area contributed by atoms with Gasteiger partial charge in [-0.05, 0) is 48.0 Å². The average molecular weight is 574 g/mol. The number of imidazole rings is 1. The van der Waals surface area contributed by atoms with Crippen molar-refractivity contribution in [1.82, 2.24) is 24.4 Å². The lowest BCUT2D eigenvalue weighted by Crippen LogP contribution is -2.32. The summed E-state index contributed by atoms with van der Waals surface area (Å²) in [5.74, 6) is 0.790. The predicted octanol–water partition coefficient (Wildman–Crippen LogP) is 5.40. The number of fused-ring (bicyclic) bond motifs is 3. The number of benzene rings is 3. The maximum atomic E-state index is 13.3. The molecule has 0 atom stereocenters. The van der Waals surface area contributed by atoms with E-state index < -0.39 is 18.5 Å². The van der Waals surface area contributed by atoms with Crippen LogP contribution in [0.5, 0.6) is 17.4 Å². The van der Waals surface area contributed by atoms with Gasteiger partial charge in [0.15, 0.2) is 23.0 Å². The molecule has 2 N–H and O–H groups in total. The molecule has 43 heavy (non-hydrogen) atoms. The van der Waals surface area contributed by atoms with Crippen LogP contribution in [0.1, 0.15) is 5.56 Å². The second-order valence-corrected chi connectivity index (χ2v) is 9.69. The van der Waals surface area contributed by atoms with Crippen molar-refractivity contribution >= 4 is 39.6 Å². The normalized spacial score (nSPS) is 12.4. The Morgan fingerprint density at radius 1 is 0.930 bits per heavy atom. The van der Waals surface area contributed by atoms with Crippen molar-refractivity contribution in [3.8, 4) is 28.9 Å². The predicted molar refractivity (Wildman–Crippen MR) is 157 cm³/mol. The lowest BCUT2D eigenvalue weighted by molar-refractivity contribution is -0.117. The largest absolute Gasteiger partial charge is 0.493 e. The van der Waals surface area contributed by atoms with Crippen LogP contribution in [0.4, 0.5) is 10.5 Å². The van der Waals surface area contributed by atoms with E-state index in [1.807, 2.05) is 42.5 Å². The molecule has 0 fully saturated rings. The van der Waals surface area contributed by atoms with Crippen LogP contribution in [0, 0.1) is 0 Å². The third-order valence-electron chi connectivity index (χ3n) is 7.01. The third kappa shape index (κ3) is 4.80. The molecular formula is C31H23N7O5. The summed E-state index contributed by atoms with van der Waals surface area (Å²) < 4.78 is 13.9. The number of nitrogens with one attached hydrogen (secondary N) is 1. The number of carbonyl (C=O) groups excluding carboxylic acids is 2. The average Bonchev–Trinajstić information content (AvgIpc) is 3.74. The van der Waals surface area contributed by atoms with E-state index >= 15 is 0 Å². The van der Waals surface area contributed by atoms with Gasteiger partial charge < -0.3 is 24.5 Å². The number of carbonyl (C=O) groups is 2. The zero-order valence-corrected chi connectivity index (χ0v) is 22.5. The highest BCUT2D eigenvalue weighted by Gasteiger charge is 2.21. The molecule has 12 nitrogen and oxygen atoms in total. The van der Waals surface area contributed by atoms with Crippen LogP contribution in [-0.2, 0) is 11.3 Å². The van der Waals surface area contributed by atoms with Crippen molar-refractivity contribution < 1.29 is 24.2 Å². The Morgan fingerprint density at radius 2 is 1.72 bits per heavy atom. The van der Waals surface area contributed by atoms with Crippen LogP contribution in [0.2, 0.25) is 0 Å². The number of nitrogens with zero attached hydrogens (tertiary/aromatic N) is 6. The topological polar surface area (TPSA) is 145 Å². The number of ether oxygens (including phenoxy) is 2. The summed E-state index contributed by atoms with van der Waals surface area (Å²) in [7, 11) is 0. The molecule has 7 rings (SSSR count). The second-order valence-electron chi connectivity index (χ2n) is 9.69. The van der Waals surface area contributed by atoms with Crippen molar-refractivity contribution in [3.05, 3.63) is 96.7 Å². The first-order valence-corrected chi connectivity index (χ1v) is 13.4. The zero-order chi connectivity index (χ0) is 29.3. The molecule has 0 aliphatic carbocycles. The highest BCUT2D eigenvalue weighted by molar-refractivity contribution is 5.97. The van der Waals surface area contributed by atoms with Crippen molar-refractivity contribution in [1.29, 1.82) is 0 Å². The molecule has 1 aliphatic rings. The van der Waals surface area contributed by atoms with Crippen LogP contribution >= 0.6 is 0 Å². The first kappa shape index (κ1) is 25.9. The van der Waals surface area contributed by atoms with Gasteiger partial charge in [-0.15, -0.1) is 10.2 Å². The summed E-state index contributed by atoms with van der Waals surface area (Å²) >= 11 is 0. The van der Waals surface area contributed by atoms with Crippen molar-refractivity contribution in [2.24, 2.45) is 10.2 Å². The number of para-hydroxylation sites is 3. The quantitative estimate of drug-likeness (QED) is 0.254. The summed E-state index contributed by atoms with van der Waals surface area (Å²) in [6.07, 6.45) is 1.61. The van der Waals surface area contributed by atoms with Crippen LogP contribution in [0.25, 0.3) is 33.5 Å². The third-order valence-corrected chi connectivity index (χ3v) is 7.01. The molecule has 2 amide bonds. The first-order valence-electron chi connectivity index (χ1n) is 13.4. The van der Waals surface area contributed by atoms with Crippen LogP contribution in [-0.4, -0.2) is 49.5 Å². The highest BCUT2D eigenvalue weighted by atomic mass is 16.7. The fraction of sp³-hybridized carbons (Fsp3) is 0.0968. The summed E-state index contributed by atoms with van der Waals surface area (Å²) in [5.41, 5.74) is 3.41. The van der Waals surface area contributed by atoms with Gasteiger partial charge in [-0.25, -0.2) is 14.3 Å². The maximum absolute atomic E-state index is 13.3. The van der Waals surface area contributed by atoms with Crippen LogP contribution in [0.3, 0.4) is 0 Å². The van der Waals surface area contributed by atoms with E-state index in [-0.39, 0.29) is 18.4 Å². The number of rotatable bonds is 6. The number of amides is 2. The van der Waals surface area contributed by atoms with Crippen LogP contribution in [0.15, 0.2) is 101 Å². The van der Waals surface area contributed by atoms with Gasteiger partial charge in [-0.1, -0.05) is 42.5 Å². The molecule has 0 saturated heterocycles. The molecule has 0 saturated carbocycles. The van der Waals surface area contributed by atoms with E-state index in [9.17, 15) is 14.7 Å². The van der Waals surface area contributed by atoms with Gasteiger partial charge in [0.25, 0.3) is 5.91 Å². The number of aromatic hydroxyl groups is 1. The molecule has 0 unspecified atom stereocenters. The molecular weight excluding hydrogens is 550 g/mol. The standard InChI is InChI=1S/C31H23N7O5/c39-27(16-33-31(41)38-24-11-4-2-8-21(24)34-29(38)22-9-5-6-14-32-22)35-36-28-20-7-1-3-10-23(20)37(30(28)40)17-19-12-13-25-26(15-19)43-18-42-25/h1-15,40H,16-18H2,(H,33,41). The monoisotopic (exact) mass is 573 g/mol. The summed E-state index contributed by atoms with van der Waals surface area (Å²) in [6, 6.07) is 24.8. The second kappa shape index (κ2) is 10.7. The molecule has 3 aromatic heterocycles. The minimum atomic E-state index is -0.704. The summed E-state index contributed by atoms with van der Waals surface area (Å²) in [4.78, 5) is 34.9. The SMILES string of the molecule is O=C(CNC(=O)n1c(-c2ccccn2)nc2ccccc21)N=Nc1c(O)n(Cc2ccc3c(c2)OCO3)c2ccccc12. The van der Waals surface area contributed by atoms with E-state index in [0.29, 0.717) is 51.5 Å². The fourth-order valence-corrected chi connectivity index (χ4v) is 5.02. The number of hydrogen-bond donors (Lipinski definition) is 2. The fourth-order valence-electron chi connectivity index (χ4n) is 5.02.